The van der Waals surface area contributed by atoms with E-state index in [0.29, 0.717) is 6.54 Å². The Labute approximate surface area is 256 Å². The molecule has 0 aromatic rings. The van der Waals surface area contributed by atoms with Gasteiger partial charge in [-0.1, -0.05) is 18.4 Å². The van der Waals surface area contributed by atoms with Crippen LogP contribution >= 0.6 is 8.25 Å². The van der Waals surface area contributed by atoms with Crippen molar-refractivity contribution in [3.05, 3.63) is 0 Å². The fourth-order valence-electron chi connectivity index (χ4n) is 4.23. The zero-order valence-electron chi connectivity index (χ0n) is 25.1. The van der Waals surface area contributed by atoms with E-state index in [1.165, 1.54) is 19.2 Å². The maximum Gasteiger partial charge on any atom is 0.698 e. The van der Waals surface area contributed by atoms with Gasteiger partial charge >= 0.3 is 50.0 Å². The fourth-order valence-corrected chi connectivity index (χ4v) is 4.67. The van der Waals surface area contributed by atoms with Gasteiger partial charge in [0.2, 0.25) is 5.91 Å². The Balaban J connectivity index is 3.72. The molecule has 256 valence electrons. The van der Waals surface area contributed by atoms with Gasteiger partial charge in [-0.2, -0.15) is 13.2 Å². The number of alkyl halides is 3. The molecule has 1 aliphatic heterocycles. The summed E-state index contributed by atoms with van der Waals surface area (Å²) in [4.78, 5) is 82.6. The molecule has 0 aromatic carbocycles. The van der Waals surface area contributed by atoms with E-state index >= 15 is 0 Å². The summed E-state index contributed by atoms with van der Waals surface area (Å²) in [5.41, 5.74) is 0. The minimum Gasteiger partial charge on any atom is -0.462 e. The largest absolute Gasteiger partial charge is 0.698 e. The molecule has 0 aromatic heterocycles. The summed E-state index contributed by atoms with van der Waals surface area (Å²) in [5, 5.41) is 6.35. The molecule has 45 heavy (non-hydrogen) atoms. The quantitative estimate of drug-likeness (QED) is 0.0764. The minimum atomic E-state index is -5.32. The first kappa shape index (κ1) is 39.6. The maximum atomic E-state index is 13.4. The molecule has 17 nitrogen and oxygen atoms in total. The monoisotopic (exact) mass is 678 g/mol. The summed E-state index contributed by atoms with van der Waals surface area (Å²) in [5.74, 6) is -11.9. The van der Waals surface area contributed by atoms with E-state index in [-0.39, 0.29) is 0 Å². The molecule has 1 rings (SSSR count). The summed E-state index contributed by atoms with van der Waals surface area (Å²) in [6.07, 6.45) is -12.1. The highest BCUT2D eigenvalue weighted by molar-refractivity contribution is 7.32. The second-order valence-electron chi connectivity index (χ2n) is 9.71. The summed E-state index contributed by atoms with van der Waals surface area (Å²) in [6, 6.07) is -1.61. The molecule has 1 fully saturated rings. The molecule has 1 aliphatic rings. The molecule has 2 amide bonds. The van der Waals surface area contributed by atoms with Crippen LogP contribution < -0.4 is 16.0 Å². The predicted octanol–water partition coefficient (Wildman–Crippen LogP) is -0.137. The van der Waals surface area contributed by atoms with Gasteiger partial charge in [0.05, 0.1) is 25.1 Å². The third-order valence-electron chi connectivity index (χ3n) is 6.05. The SMILES string of the molecule is CCNC(C)OC(=O)[C@]1(O[P+](=O)O)CC(OC(C)=O)[C@@H](NC(=O)CNC(=O)C(F)(F)F)C([C@H](C)[C@@H](COC(C)=O)OC(C)=O)O1. The number of ether oxygens (including phenoxy) is 5. The van der Waals surface area contributed by atoms with Crippen LogP contribution in [0, 0.1) is 5.92 Å². The van der Waals surface area contributed by atoms with Gasteiger partial charge in [-0.05, 0) is 13.5 Å². The lowest BCUT2D eigenvalue weighted by atomic mass is 9.84. The molecule has 8 atom stereocenters. The number of halogens is 3. The molecular weight excluding hydrogens is 642 g/mol. The van der Waals surface area contributed by atoms with Gasteiger partial charge in [-0.3, -0.25) is 29.3 Å². The number of rotatable bonds is 15. The van der Waals surface area contributed by atoms with Crippen molar-refractivity contribution in [3.8, 4) is 0 Å². The number of esters is 4. The van der Waals surface area contributed by atoms with Crippen LogP contribution in [0.1, 0.15) is 48.0 Å². The van der Waals surface area contributed by atoms with Crippen LogP contribution in [0.3, 0.4) is 0 Å². The number of carbonyl (C=O) groups excluding carboxylic acids is 6. The van der Waals surface area contributed by atoms with Crippen molar-refractivity contribution < 1.29 is 79.6 Å². The second-order valence-corrected chi connectivity index (χ2v) is 10.4. The van der Waals surface area contributed by atoms with Crippen molar-refractivity contribution in [1.82, 2.24) is 16.0 Å². The molecular formula is C24H36F3N3O14P+. The first-order chi connectivity index (χ1) is 20.7. The van der Waals surface area contributed by atoms with E-state index in [2.05, 4.69) is 10.6 Å². The lowest BCUT2D eigenvalue weighted by Gasteiger charge is -2.46. The summed E-state index contributed by atoms with van der Waals surface area (Å²) >= 11 is 0. The number of amides is 2. The molecule has 0 spiro atoms. The minimum absolute atomic E-state index is 0.312. The number of hydrogen-bond acceptors (Lipinski definition) is 14. The molecule has 0 radical (unpaired) electrons. The number of hydrogen-bond donors (Lipinski definition) is 4. The second kappa shape index (κ2) is 17.3. The molecule has 0 saturated carbocycles. The highest BCUT2D eigenvalue weighted by atomic mass is 31.1. The van der Waals surface area contributed by atoms with Crippen molar-refractivity contribution in [2.75, 3.05) is 19.7 Å². The maximum absolute atomic E-state index is 13.4. The van der Waals surface area contributed by atoms with Crippen molar-refractivity contribution in [2.24, 2.45) is 5.92 Å². The highest BCUT2D eigenvalue weighted by Crippen LogP contribution is 2.42. The molecule has 4 unspecified atom stereocenters. The van der Waals surface area contributed by atoms with Gasteiger partial charge in [-0.25, -0.2) is 4.79 Å². The Morgan fingerprint density at radius 2 is 1.67 bits per heavy atom. The Bertz CT molecular complexity index is 1130. The molecule has 0 bridgehead atoms. The Morgan fingerprint density at radius 1 is 1.04 bits per heavy atom. The normalized spacial score (nSPS) is 23.8. The zero-order chi connectivity index (χ0) is 34.7. The Kier molecular flexibility index (Phi) is 15.2. The smallest absolute Gasteiger partial charge is 0.462 e. The first-order valence-electron chi connectivity index (χ1n) is 13.3. The van der Waals surface area contributed by atoms with Crippen molar-refractivity contribution in [1.29, 1.82) is 0 Å². The third-order valence-corrected chi connectivity index (χ3v) is 6.50. The molecule has 1 saturated heterocycles. The van der Waals surface area contributed by atoms with Crippen molar-refractivity contribution >= 4 is 43.9 Å². The van der Waals surface area contributed by atoms with Gasteiger partial charge in [0.1, 0.15) is 18.8 Å². The van der Waals surface area contributed by atoms with Crippen LogP contribution in [0.25, 0.3) is 0 Å². The number of carbonyl (C=O) groups is 6. The first-order valence-corrected chi connectivity index (χ1v) is 14.4. The van der Waals surface area contributed by atoms with E-state index in [1.807, 2.05) is 0 Å². The summed E-state index contributed by atoms with van der Waals surface area (Å²) < 4.78 is 81.5. The average Bonchev–Trinajstić information content (AvgIpc) is 2.89. The summed E-state index contributed by atoms with van der Waals surface area (Å²) in [7, 11) is -3.65. The lowest BCUT2D eigenvalue weighted by molar-refractivity contribution is -0.284. The topological polar surface area (TPSA) is 231 Å². The van der Waals surface area contributed by atoms with Gasteiger partial charge in [0.25, 0.3) is 0 Å². The molecule has 1 heterocycles. The predicted molar refractivity (Wildman–Crippen MR) is 140 cm³/mol. The highest BCUT2D eigenvalue weighted by Gasteiger charge is 2.62. The summed E-state index contributed by atoms with van der Waals surface area (Å²) in [6.45, 7) is 5.83. The van der Waals surface area contributed by atoms with Gasteiger partial charge in [-0.15, -0.1) is 4.89 Å². The molecule has 4 N–H and O–H groups in total. The molecule has 21 heteroatoms. The van der Waals surface area contributed by atoms with Gasteiger partial charge in [0.15, 0.2) is 6.23 Å². The fraction of sp³-hybridized carbons (Fsp3) is 0.750. The van der Waals surface area contributed by atoms with Crippen LogP contribution in [-0.2, 0) is 61.5 Å². The Hall–Kier alpha value is -3.45. The van der Waals surface area contributed by atoms with Crippen LogP contribution in [0.5, 0.6) is 0 Å². The standard InChI is InChI=1S/C24H35F3N3O14P/c1-7-28-12(3)40-22(36)23(44-45(37)38)8-16(41-14(5)32)19(30-18(34)9-29-21(35)24(25,26)27)20(43-23)11(2)17(42-15(6)33)10-39-13(4)31/h11-12,16-17,19-20,28H,7-10H2,1-6H3,(H2-,29,30,34,35,37,38)/p+1/t11-,12?,16?,17-,19-,20?,23-/m1/s1. The van der Waals surface area contributed by atoms with Crippen LogP contribution in [0.2, 0.25) is 0 Å². The van der Waals surface area contributed by atoms with E-state index in [9.17, 15) is 51.4 Å². The van der Waals surface area contributed by atoms with Crippen LogP contribution in [0.4, 0.5) is 13.2 Å². The van der Waals surface area contributed by atoms with Crippen LogP contribution in [0.15, 0.2) is 0 Å². The van der Waals surface area contributed by atoms with Gasteiger partial charge in [0, 0.05) is 31.3 Å². The Morgan fingerprint density at radius 3 is 2.16 bits per heavy atom. The third kappa shape index (κ3) is 12.8. The number of nitrogens with one attached hydrogen (secondary N) is 3. The van der Waals surface area contributed by atoms with Gasteiger partial charge < -0.3 is 34.3 Å². The average molecular weight is 679 g/mol. The van der Waals surface area contributed by atoms with E-state index in [4.69, 9.17) is 28.2 Å². The van der Waals surface area contributed by atoms with E-state index in [1.54, 1.807) is 6.92 Å². The van der Waals surface area contributed by atoms with E-state index < -0.39 is 112 Å². The van der Waals surface area contributed by atoms with Crippen molar-refractivity contribution in [2.45, 2.75) is 90.5 Å². The zero-order valence-corrected chi connectivity index (χ0v) is 26.0. The molecule has 0 aliphatic carbocycles. The van der Waals surface area contributed by atoms with Crippen LogP contribution in [-0.4, -0.2) is 103 Å². The lowest BCUT2D eigenvalue weighted by Crippen LogP contribution is -2.67. The van der Waals surface area contributed by atoms with E-state index in [0.717, 1.165) is 20.8 Å². The van der Waals surface area contributed by atoms with Crippen molar-refractivity contribution in [3.63, 3.8) is 0 Å².